The SMILES string of the molecule is CC1CN(S(=O)(=O)c2csc(CCl)c2)CC1C. The van der Waals surface area contributed by atoms with Crippen molar-refractivity contribution in [2.45, 2.75) is 24.6 Å². The summed E-state index contributed by atoms with van der Waals surface area (Å²) in [6.45, 7) is 5.43. The molecular formula is C11H16ClNO2S2. The van der Waals surface area contributed by atoms with Crippen LogP contribution in [0, 0.1) is 11.8 Å². The number of nitrogens with zero attached hydrogens (tertiary/aromatic N) is 1. The predicted octanol–water partition coefficient (Wildman–Crippen LogP) is 2.76. The summed E-state index contributed by atoms with van der Waals surface area (Å²) in [5, 5.41) is 1.68. The lowest BCUT2D eigenvalue weighted by atomic mass is 10.0. The Hall–Kier alpha value is -0.100. The largest absolute Gasteiger partial charge is 0.243 e. The smallest absolute Gasteiger partial charge is 0.207 e. The second-order valence-electron chi connectivity index (χ2n) is 4.66. The van der Waals surface area contributed by atoms with Crippen LogP contribution in [0.2, 0.25) is 0 Å². The molecule has 1 aromatic rings. The van der Waals surface area contributed by atoms with E-state index in [0.29, 0.717) is 35.7 Å². The summed E-state index contributed by atoms with van der Waals surface area (Å²) >= 11 is 7.10. The van der Waals surface area contributed by atoms with Crippen molar-refractivity contribution in [1.82, 2.24) is 4.31 Å². The van der Waals surface area contributed by atoms with Gasteiger partial charge in [-0.3, -0.25) is 0 Å². The molecule has 6 heteroatoms. The summed E-state index contributed by atoms with van der Waals surface area (Å²) in [5.41, 5.74) is 0. The molecule has 1 saturated heterocycles. The standard InChI is InChI=1S/C11H16ClNO2S2/c1-8-5-13(6-9(8)2)17(14,15)11-3-10(4-12)16-7-11/h3,7-9H,4-6H2,1-2H3. The zero-order valence-corrected chi connectivity index (χ0v) is 12.3. The van der Waals surface area contributed by atoms with E-state index < -0.39 is 10.0 Å². The van der Waals surface area contributed by atoms with Crippen LogP contribution in [0.4, 0.5) is 0 Å². The molecule has 0 N–H and O–H groups in total. The topological polar surface area (TPSA) is 37.4 Å². The monoisotopic (exact) mass is 293 g/mol. The third-order valence-corrected chi connectivity index (χ3v) is 6.70. The van der Waals surface area contributed by atoms with Crippen LogP contribution in [0.15, 0.2) is 16.3 Å². The summed E-state index contributed by atoms with van der Waals surface area (Å²) in [6, 6.07) is 1.68. The minimum absolute atomic E-state index is 0.368. The zero-order valence-electron chi connectivity index (χ0n) is 9.89. The van der Waals surface area contributed by atoms with Gasteiger partial charge < -0.3 is 0 Å². The van der Waals surface area contributed by atoms with Gasteiger partial charge in [-0.15, -0.1) is 22.9 Å². The molecule has 1 aromatic heterocycles. The lowest BCUT2D eigenvalue weighted by molar-refractivity contribution is 0.463. The number of hydrogen-bond acceptors (Lipinski definition) is 3. The Morgan fingerprint density at radius 1 is 1.41 bits per heavy atom. The van der Waals surface area contributed by atoms with Crippen LogP contribution in [0.1, 0.15) is 18.7 Å². The first-order chi connectivity index (χ1) is 7.95. The highest BCUT2D eigenvalue weighted by atomic mass is 35.5. The first-order valence-electron chi connectivity index (χ1n) is 5.58. The van der Waals surface area contributed by atoms with E-state index in [1.807, 2.05) is 0 Å². The van der Waals surface area contributed by atoms with Crippen molar-refractivity contribution in [3.8, 4) is 0 Å². The Balaban J connectivity index is 2.25. The fourth-order valence-electron chi connectivity index (χ4n) is 1.99. The maximum Gasteiger partial charge on any atom is 0.243 e. The Morgan fingerprint density at radius 3 is 2.47 bits per heavy atom. The van der Waals surface area contributed by atoms with E-state index in [-0.39, 0.29) is 0 Å². The molecule has 2 rings (SSSR count). The first-order valence-corrected chi connectivity index (χ1v) is 8.44. The van der Waals surface area contributed by atoms with Crippen molar-refractivity contribution in [1.29, 1.82) is 0 Å². The third kappa shape index (κ3) is 2.52. The fourth-order valence-corrected chi connectivity index (χ4v) is 5.01. The molecule has 0 bridgehead atoms. The number of rotatable bonds is 3. The van der Waals surface area contributed by atoms with E-state index in [9.17, 15) is 8.42 Å². The molecule has 2 unspecified atom stereocenters. The molecule has 0 aromatic carbocycles. The summed E-state index contributed by atoms with van der Waals surface area (Å²) in [7, 11) is -3.31. The molecule has 0 aliphatic carbocycles. The van der Waals surface area contributed by atoms with Gasteiger partial charge in [0.05, 0.1) is 10.8 Å². The first kappa shape index (κ1) is 13.3. The van der Waals surface area contributed by atoms with E-state index in [0.717, 1.165) is 4.88 Å². The second kappa shape index (κ2) is 4.88. The van der Waals surface area contributed by atoms with Gasteiger partial charge in [-0.2, -0.15) is 4.31 Å². The van der Waals surface area contributed by atoms with Crippen molar-refractivity contribution < 1.29 is 8.42 Å². The number of thiophene rings is 1. The van der Waals surface area contributed by atoms with E-state index in [2.05, 4.69) is 13.8 Å². The highest BCUT2D eigenvalue weighted by molar-refractivity contribution is 7.89. The van der Waals surface area contributed by atoms with E-state index in [4.69, 9.17) is 11.6 Å². The van der Waals surface area contributed by atoms with E-state index in [1.54, 1.807) is 15.8 Å². The molecule has 0 radical (unpaired) electrons. The molecule has 96 valence electrons. The van der Waals surface area contributed by atoms with Gasteiger partial charge in [-0.25, -0.2) is 8.42 Å². The molecule has 3 nitrogen and oxygen atoms in total. The lowest BCUT2D eigenvalue weighted by Crippen LogP contribution is -2.28. The average Bonchev–Trinajstić information content (AvgIpc) is 2.87. The summed E-state index contributed by atoms with van der Waals surface area (Å²) in [4.78, 5) is 1.28. The van der Waals surface area contributed by atoms with Gasteiger partial charge >= 0.3 is 0 Å². The van der Waals surface area contributed by atoms with Gasteiger partial charge in [0.2, 0.25) is 10.0 Å². The Bertz CT molecular complexity index is 487. The van der Waals surface area contributed by atoms with Gasteiger partial charge in [0.25, 0.3) is 0 Å². The normalized spacial score (nSPS) is 26.5. The van der Waals surface area contributed by atoms with Crippen LogP contribution in [0.25, 0.3) is 0 Å². The van der Waals surface area contributed by atoms with E-state index >= 15 is 0 Å². The number of sulfonamides is 1. The maximum absolute atomic E-state index is 12.3. The number of hydrogen-bond donors (Lipinski definition) is 0. The van der Waals surface area contributed by atoms with Crippen molar-refractivity contribution in [2.75, 3.05) is 13.1 Å². The van der Waals surface area contributed by atoms with Gasteiger partial charge in [0.15, 0.2) is 0 Å². The molecule has 2 heterocycles. The highest BCUT2D eigenvalue weighted by Gasteiger charge is 2.35. The van der Waals surface area contributed by atoms with Crippen molar-refractivity contribution in [3.05, 3.63) is 16.3 Å². The number of halogens is 1. The van der Waals surface area contributed by atoms with Crippen LogP contribution in [-0.2, 0) is 15.9 Å². The fraction of sp³-hybridized carbons (Fsp3) is 0.636. The maximum atomic E-state index is 12.3. The van der Waals surface area contributed by atoms with Gasteiger partial charge in [-0.05, 0) is 17.9 Å². The summed E-state index contributed by atoms with van der Waals surface area (Å²) in [5.74, 6) is 1.22. The molecule has 1 aliphatic heterocycles. The zero-order chi connectivity index (χ0) is 12.6. The van der Waals surface area contributed by atoms with E-state index in [1.165, 1.54) is 11.3 Å². The molecular weight excluding hydrogens is 278 g/mol. The van der Waals surface area contributed by atoms with Gasteiger partial charge in [-0.1, -0.05) is 13.8 Å². The van der Waals surface area contributed by atoms with Crippen molar-refractivity contribution >= 4 is 33.0 Å². The lowest BCUT2D eigenvalue weighted by Gasteiger charge is -2.14. The van der Waals surface area contributed by atoms with Crippen molar-refractivity contribution in [3.63, 3.8) is 0 Å². The molecule has 17 heavy (non-hydrogen) atoms. The minimum atomic E-state index is -3.31. The molecule has 0 spiro atoms. The highest BCUT2D eigenvalue weighted by Crippen LogP contribution is 2.30. The van der Waals surface area contributed by atoms with Crippen LogP contribution in [0.5, 0.6) is 0 Å². The summed E-state index contributed by atoms with van der Waals surface area (Å²) < 4.78 is 26.3. The van der Waals surface area contributed by atoms with Crippen LogP contribution in [-0.4, -0.2) is 25.8 Å². The summed E-state index contributed by atoms with van der Waals surface area (Å²) in [6.07, 6.45) is 0. The number of alkyl halides is 1. The third-order valence-electron chi connectivity index (χ3n) is 3.35. The van der Waals surface area contributed by atoms with Crippen LogP contribution >= 0.6 is 22.9 Å². The molecule has 1 aliphatic rings. The van der Waals surface area contributed by atoms with Gasteiger partial charge in [0.1, 0.15) is 0 Å². The Morgan fingerprint density at radius 2 is 2.00 bits per heavy atom. The minimum Gasteiger partial charge on any atom is -0.207 e. The van der Waals surface area contributed by atoms with Crippen molar-refractivity contribution in [2.24, 2.45) is 11.8 Å². The predicted molar refractivity (Wildman–Crippen MR) is 71.0 cm³/mol. The van der Waals surface area contributed by atoms with Gasteiger partial charge in [0, 0.05) is 23.3 Å². The quantitative estimate of drug-likeness (QED) is 0.804. The molecule has 0 saturated carbocycles. The molecule has 2 atom stereocenters. The van der Waals surface area contributed by atoms with Crippen LogP contribution < -0.4 is 0 Å². The average molecular weight is 294 g/mol. The Labute approximate surface area is 111 Å². The Kier molecular flexibility index (Phi) is 3.83. The molecule has 1 fully saturated rings. The second-order valence-corrected chi connectivity index (χ2v) is 7.86. The molecule has 0 amide bonds. The van der Waals surface area contributed by atoms with Crippen LogP contribution in [0.3, 0.4) is 0 Å².